The fourth-order valence-corrected chi connectivity index (χ4v) is 1.27. The van der Waals surface area contributed by atoms with Gasteiger partial charge in [-0.1, -0.05) is 13.3 Å². The fourth-order valence-electron chi connectivity index (χ4n) is 1.27. The molecule has 1 saturated carbocycles. The summed E-state index contributed by atoms with van der Waals surface area (Å²) in [6.45, 7) is 3.74. The van der Waals surface area contributed by atoms with Crippen LogP contribution in [-0.2, 0) is 4.74 Å². The van der Waals surface area contributed by atoms with Crippen molar-refractivity contribution in [2.45, 2.75) is 45.1 Å². The summed E-state index contributed by atoms with van der Waals surface area (Å²) in [5.41, 5.74) is 0. The molecule has 0 saturated heterocycles. The molecule has 72 valence electrons. The van der Waals surface area contributed by atoms with Crippen LogP contribution in [0, 0.1) is 5.92 Å². The van der Waals surface area contributed by atoms with Gasteiger partial charge in [0.2, 0.25) is 0 Å². The van der Waals surface area contributed by atoms with Gasteiger partial charge in [0.15, 0.2) is 0 Å². The molecular weight excluding hydrogens is 152 g/mol. The molecular formula is C10H20O2. The molecule has 0 aromatic carbocycles. The Balaban J connectivity index is 1.81. The van der Waals surface area contributed by atoms with Crippen LogP contribution in [0.4, 0.5) is 0 Å². The van der Waals surface area contributed by atoms with E-state index in [-0.39, 0.29) is 6.10 Å². The largest absolute Gasteiger partial charge is 0.393 e. The Labute approximate surface area is 74.9 Å². The second-order valence-corrected chi connectivity index (χ2v) is 3.66. The van der Waals surface area contributed by atoms with E-state index in [1.165, 1.54) is 19.3 Å². The molecule has 0 aromatic heterocycles. The quantitative estimate of drug-likeness (QED) is 0.595. The number of ether oxygens (including phenoxy) is 1. The molecule has 1 aliphatic carbocycles. The van der Waals surface area contributed by atoms with Crippen molar-refractivity contribution in [3.05, 3.63) is 0 Å². The Hall–Kier alpha value is -0.0800. The summed E-state index contributed by atoms with van der Waals surface area (Å²) in [6, 6.07) is 0. The van der Waals surface area contributed by atoms with Gasteiger partial charge in [0.05, 0.1) is 6.10 Å². The van der Waals surface area contributed by atoms with Gasteiger partial charge in [-0.2, -0.15) is 0 Å². The average molecular weight is 172 g/mol. The Morgan fingerprint density at radius 2 is 2.17 bits per heavy atom. The minimum Gasteiger partial charge on any atom is -0.393 e. The molecule has 2 nitrogen and oxygen atoms in total. The van der Waals surface area contributed by atoms with Crippen LogP contribution in [0.5, 0.6) is 0 Å². The number of hydrogen-bond donors (Lipinski definition) is 1. The standard InChI is InChI=1S/C10H20O2/c1-2-3-7-12-8-6-10(11)9-4-5-9/h9-11H,2-8H2,1H3. The van der Waals surface area contributed by atoms with E-state index in [0.717, 1.165) is 26.1 Å². The highest BCUT2D eigenvalue weighted by atomic mass is 16.5. The molecule has 0 aromatic rings. The van der Waals surface area contributed by atoms with E-state index in [9.17, 15) is 5.11 Å². The highest BCUT2D eigenvalue weighted by Crippen LogP contribution is 2.33. The zero-order chi connectivity index (χ0) is 8.81. The molecule has 0 radical (unpaired) electrons. The third-order valence-electron chi connectivity index (χ3n) is 2.37. The predicted octanol–water partition coefficient (Wildman–Crippen LogP) is 1.96. The van der Waals surface area contributed by atoms with E-state index in [2.05, 4.69) is 6.92 Å². The van der Waals surface area contributed by atoms with Crippen LogP contribution < -0.4 is 0 Å². The smallest absolute Gasteiger partial charge is 0.0590 e. The number of hydrogen-bond acceptors (Lipinski definition) is 2. The van der Waals surface area contributed by atoms with Crippen LogP contribution in [-0.4, -0.2) is 24.4 Å². The molecule has 12 heavy (non-hydrogen) atoms. The van der Waals surface area contributed by atoms with E-state index in [0.29, 0.717) is 5.92 Å². The number of unbranched alkanes of at least 4 members (excludes halogenated alkanes) is 1. The van der Waals surface area contributed by atoms with Gasteiger partial charge in [0, 0.05) is 13.2 Å². The summed E-state index contributed by atoms with van der Waals surface area (Å²) in [4.78, 5) is 0. The van der Waals surface area contributed by atoms with Crippen molar-refractivity contribution < 1.29 is 9.84 Å². The summed E-state index contributed by atoms with van der Waals surface area (Å²) < 4.78 is 5.36. The molecule has 0 bridgehead atoms. The Kier molecular flexibility index (Phi) is 4.62. The van der Waals surface area contributed by atoms with Crippen LogP contribution in [0.2, 0.25) is 0 Å². The lowest BCUT2D eigenvalue weighted by Crippen LogP contribution is -2.12. The van der Waals surface area contributed by atoms with E-state index < -0.39 is 0 Å². The molecule has 1 N–H and O–H groups in total. The van der Waals surface area contributed by atoms with Crippen molar-refractivity contribution in [1.29, 1.82) is 0 Å². The van der Waals surface area contributed by atoms with Crippen LogP contribution in [0.3, 0.4) is 0 Å². The van der Waals surface area contributed by atoms with Gasteiger partial charge in [-0.15, -0.1) is 0 Å². The third kappa shape index (κ3) is 4.07. The maximum atomic E-state index is 9.47. The third-order valence-corrected chi connectivity index (χ3v) is 2.37. The van der Waals surface area contributed by atoms with Gasteiger partial charge in [-0.05, 0) is 31.6 Å². The SMILES string of the molecule is CCCCOCCC(O)C1CC1. The minimum atomic E-state index is -0.0911. The Morgan fingerprint density at radius 1 is 1.42 bits per heavy atom. The van der Waals surface area contributed by atoms with Gasteiger partial charge < -0.3 is 9.84 Å². The monoisotopic (exact) mass is 172 g/mol. The zero-order valence-electron chi connectivity index (χ0n) is 7.96. The van der Waals surface area contributed by atoms with Crippen LogP contribution in [0.25, 0.3) is 0 Å². The maximum Gasteiger partial charge on any atom is 0.0590 e. The molecule has 0 heterocycles. The van der Waals surface area contributed by atoms with Crippen LogP contribution in [0.1, 0.15) is 39.0 Å². The molecule has 0 amide bonds. The Bertz CT molecular complexity index is 110. The topological polar surface area (TPSA) is 29.5 Å². The van der Waals surface area contributed by atoms with Crippen molar-refractivity contribution >= 4 is 0 Å². The lowest BCUT2D eigenvalue weighted by Gasteiger charge is -2.08. The van der Waals surface area contributed by atoms with Gasteiger partial charge in [-0.3, -0.25) is 0 Å². The predicted molar refractivity (Wildman–Crippen MR) is 49.1 cm³/mol. The number of aliphatic hydroxyl groups excluding tert-OH is 1. The molecule has 0 spiro atoms. The summed E-state index contributed by atoms with van der Waals surface area (Å²) in [6.07, 6.45) is 5.50. The number of rotatable bonds is 7. The molecule has 1 rings (SSSR count). The minimum absolute atomic E-state index is 0.0911. The first-order valence-corrected chi connectivity index (χ1v) is 5.10. The highest BCUT2D eigenvalue weighted by molar-refractivity contribution is 4.80. The molecule has 2 heteroatoms. The maximum absolute atomic E-state index is 9.47. The molecule has 1 aliphatic rings. The summed E-state index contributed by atoms with van der Waals surface area (Å²) in [5.74, 6) is 0.597. The highest BCUT2D eigenvalue weighted by Gasteiger charge is 2.28. The first-order valence-electron chi connectivity index (χ1n) is 5.10. The normalized spacial score (nSPS) is 19.5. The lowest BCUT2D eigenvalue weighted by atomic mass is 10.2. The van der Waals surface area contributed by atoms with E-state index >= 15 is 0 Å². The zero-order valence-corrected chi connectivity index (χ0v) is 7.96. The molecule has 1 fully saturated rings. The van der Waals surface area contributed by atoms with Crippen molar-refractivity contribution in [1.82, 2.24) is 0 Å². The van der Waals surface area contributed by atoms with E-state index in [1.807, 2.05) is 0 Å². The second kappa shape index (κ2) is 5.55. The molecule has 0 aliphatic heterocycles. The van der Waals surface area contributed by atoms with Gasteiger partial charge in [-0.25, -0.2) is 0 Å². The van der Waals surface area contributed by atoms with E-state index in [4.69, 9.17) is 4.74 Å². The average Bonchev–Trinajstić information content (AvgIpc) is 2.86. The van der Waals surface area contributed by atoms with Crippen LogP contribution in [0.15, 0.2) is 0 Å². The first kappa shape index (κ1) is 10.0. The van der Waals surface area contributed by atoms with Crippen molar-refractivity contribution in [2.75, 3.05) is 13.2 Å². The van der Waals surface area contributed by atoms with Crippen LogP contribution >= 0.6 is 0 Å². The summed E-state index contributed by atoms with van der Waals surface area (Å²) in [5, 5.41) is 9.47. The number of aliphatic hydroxyl groups is 1. The van der Waals surface area contributed by atoms with E-state index in [1.54, 1.807) is 0 Å². The Morgan fingerprint density at radius 3 is 2.75 bits per heavy atom. The molecule has 1 atom stereocenters. The second-order valence-electron chi connectivity index (χ2n) is 3.66. The summed E-state index contributed by atoms with van der Waals surface area (Å²) >= 11 is 0. The van der Waals surface area contributed by atoms with Crippen molar-refractivity contribution in [2.24, 2.45) is 5.92 Å². The summed E-state index contributed by atoms with van der Waals surface area (Å²) in [7, 11) is 0. The fraction of sp³-hybridized carbons (Fsp3) is 1.00. The molecule has 1 unspecified atom stereocenters. The van der Waals surface area contributed by atoms with Gasteiger partial charge in [0.1, 0.15) is 0 Å². The van der Waals surface area contributed by atoms with Crippen molar-refractivity contribution in [3.63, 3.8) is 0 Å². The van der Waals surface area contributed by atoms with Gasteiger partial charge >= 0.3 is 0 Å². The van der Waals surface area contributed by atoms with Gasteiger partial charge in [0.25, 0.3) is 0 Å². The first-order chi connectivity index (χ1) is 5.84. The lowest BCUT2D eigenvalue weighted by molar-refractivity contribution is 0.0708. The van der Waals surface area contributed by atoms with Crippen molar-refractivity contribution in [3.8, 4) is 0 Å².